The summed E-state index contributed by atoms with van der Waals surface area (Å²) in [4.78, 5) is 4.77. The third-order valence-electron chi connectivity index (χ3n) is 3.71. The van der Waals surface area contributed by atoms with Gasteiger partial charge in [0.05, 0.1) is 12.5 Å². The van der Waals surface area contributed by atoms with Crippen LogP contribution >= 0.6 is 11.6 Å². The molecule has 0 radical (unpaired) electrons. The van der Waals surface area contributed by atoms with E-state index in [1.165, 1.54) is 0 Å². The summed E-state index contributed by atoms with van der Waals surface area (Å²) in [6.07, 6.45) is 0. The van der Waals surface area contributed by atoms with Crippen LogP contribution in [-0.2, 0) is 0 Å². The fourth-order valence-electron chi connectivity index (χ4n) is 2.44. The summed E-state index contributed by atoms with van der Waals surface area (Å²) in [5.41, 5.74) is 1.75. The molecule has 0 fully saturated rings. The maximum Gasteiger partial charge on any atom is 0.137 e. The molecule has 0 atom stereocenters. The average molecular weight is 342 g/mol. The molecule has 3 aromatic rings. The molecule has 2 aromatic carbocycles. The lowest BCUT2D eigenvalue weighted by Gasteiger charge is -2.07. The van der Waals surface area contributed by atoms with E-state index in [0.29, 0.717) is 10.9 Å². The maximum atomic E-state index is 6.08. The van der Waals surface area contributed by atoms with E-state index in [2.05, 4.69) is 13.8 Å². The Morgan fingerprint density at radius 3 is 2.50 bits per heavy atom. The van der Waals surface area contributed by atoms with Gasteiger partial charge in [-0.25, -0.2) is 0 Å². The van der Waals surface area contributed by atoms with E-state index in [4.69, 9.17) is 25.7 Å². The third kappa shape index (κ3) is 3.62. The van der Waals surface area contributed by atoms with Crippen LogP contribution in [0.25, 0.3) is 22.3 Å². The van der Waals surface area contributed by atoms with E-state index < -0.39 is 0 Å². The molecule has 3 nitrogen and oxygen atoms in total. The number of ether oxygens (including phenoxy) is 1. The Bertz CT molecular complexity index is 911. The highest BCUT2D eigenvalue weighted by molar-refractivity contribution is 6.30. The van der Waals surface area contributed by atoms with E-state index in [1.807, 2.05) is 48.5 Å². The zero-order chi connectivity index (χ0) is 17.1. The molecule has 0 unspecified atom stereocenters. The number of benzene rings is 2. The van der Waals surface area contributed by atoms with Crippen LogP contribution in [0.1, 0.15) is 13.8 Å². The fraction of sp³-hybridized carbons (Fsp3) is 0.250. The summed E-state index contributed by atoms with van der Waals surface area (Å²) in [5.74, 6) is 2.05. The van der Waals surface area contributed by atoms with Gasteiger partial charge in [-0.3, -0.25) is 4.99 Å². The van der Waals surface area contributed by atoms with Crippen molar-refractivity contribution in [2.45, 2.75) is 13.8 Å². The standard InChI is InChI=1S/C20H20ClNO2/c1-13(2)12-22-18-11-20(14-4-6-15(21)7-5-14)24-19-9-8-16(23-3)10-17(18)19/h4-11,13H,12H2,1-3H3. The Balaban J connectivity index is 2.22. The second-order valence-corrected chi connectivity index (χ2v) is 6.54. The molecule has 124 valence electrons. The minimum atomic E-state index is 0.488. The molecule has 1 aromatic heterocycles. The van der Waals surface area contributed by atoms with Gasteiger partial charge in [0.1, 0.15) is 17.1 Å². The highest BCUT2D eigenvalue weighted by Crippen LogP contribution is 2.25. The predicted octanol–water partition coefficient (Wildman–Crippen LogP) is 5.32. The van der Waals surface area contributed by atoms with E-state index in [0.717, 1.165) is 39.9 Å². The quantitative estimate of drug-likeness (QED) is 0.643. The van der Waals surface area contributed by atoms with Crippen LogP contribution in [0.15, 0.2) is 57.9 Å². The van der Waals surface area contributed by atoms with Crippen LogP contribution in [0.5, 0.6) is 5.75 Å². The molecule has 0 aliphatic heterocycles. The second-order valence-electron chi connectivity index (χ2n) is 6.10. The van der Waals surface area contributed by atoms with Crippen molar-refractivity contribution in [1.82, 2.24) is 0 Å². The molecule has 1 heterocycles. The third-order valence-corrected chi connectivity index (χ3v) is 3.96. The Labute approximate surface area is 146 Å². The van der Waals surface area contributed by atoms with Crippen LogP contribution in [0.2, 0.25) is 5.02 Å². The van der Waals surface area contributed by atoms with E-state index in [1.54, 1.807) is 7.11 Å². The van der Waals surface area contributed by atoms with Crippen molar-refractivity contribution >= 4 is 22.6 Å². The monoisotopic (exact) mass is 341 g/mol. The summed E-state index contributed by atoms with van der Waals surface area (Å²) in [7, 11) is 1.66. The van der Waals surface area contributed by atoms with Crippen molar-refractivity contribution < 1.29 is 9.15 Å². The molecule has 3 rings (SSSR count). The van der Waals surface area contributed by atoms with Gasteiger partial charge >= 0.3 is 0 Å². The van der Waals surface area contributed by atoms with Gasteiger partial charge in [0.15, 0.2) is 0 Å². The van der Waals surface area contributed by atoms with Crippen molar-refractivity contribution in [3.63, 3.8) is 0 Å². The number of hydrogen-bond donors (Lipinski definition) is 0. The lowest BCUT2D eigenvalue weighted by molar-refractivity contribution is 0.415. The number of nitrogens with zero attached hydrogens (tertiary/aromatic N) is 1. The van der Waals surface area contributed by atoms with Gasteiger partial charge in [-0.05, 0) is 48.4 Å². The highest BCUT2D eigenvalue weighted by Gasteiger charge is 2.07. The van der Waals surface area contributed by atoms with Gasteiger partial charge in [-0.1, -0.05) is 25.4 Å². The lowest BCUT2D eigenvalue weighted by Crippen LogP contribution is -2.07. The molecule has 0 saturated carbocycles. The molecule has 0 bridgehead atoms. The molecule has 0 amide bonds. The van der Waals surface area contributed by atoms with Crippen LogP contribution < -0.4 is 10.1 Å². The first-order valence-corrected chi connectivity index (χ1v) is 8.33. The number of halogens is 1. The lowest BCUT2D eigenvalue weighted by atomic mass is 10.1. The molecule has 0 aliphatic carbocycles. The molecule has 0 saturated heterocycles. The maximum absolute atomic E-state index is 6.08. The predicted molar refractivity (Wildman–Crippen MR) is 98.5 cm³/mol. The fourth-order valence-corrected chi connectivity index (χ4v) is 2.57. The summed E-state index contributed by atoms with van der Waals surface area (Å²) >= 11 is 5.98. The van der Waals surface area contributed by atoms with E-state index in [9.17, 15) is 0 Å². The van der Waals surface area contributed by atoms with Crippen molar-refractivity contribution in [3.05, 3.63) is 58.9 Å². The molecule has 24 heavy (non-hydrogen) atoms. The SMILES string of the molecule is COc1ccc2oc(-c3ccc(Cl)cc3)cc(=NCC(C)C)c2c1. The number of fused-ring (bicyclic) bond motifs is 1. The summed E-state index contributed by atoms with van der Waals surface area (Å²) in [6.45, 7) is 5.07. The van der Waals surface area contributed by atoms with Crippen LogP contribution in [-0.4, -0.2) is 13.7 Å². The van der Waals surface area contributed by atoms with Gasteiger partial charge < -0.3 is 9.15 Å². The van der Waals surface area contributed by atoms with Crippen molar-refractivity contribution in [1.29, 1.82) is 0 Å². The Morgan fingerprint density at radius 2 is 1.83 bits per heavy atom. The average Bonchev–Trinajstić information content (AvgIpc) is 2.59. The van der Waals surface area contributed by atoms with Crippen molar-refractivity contribution in [2.75, 3.05) is 13.7 Å². The molecule has 0 N–H and O–H groups in total. The first-order valence-electron chi connectivity index (χ1n) is 7.95. The minimum absolute atomic E-state index is 0.488. The van der Waals surface area contributed by atoms with Gasteiger partial charge in [-0.15, -0.1) is 0 Å². The van der Waals surface area contributed by atoms with E-state index >= 15 is 0 Å². The zero-order valence-corrected chi connectivity index (χ0v) is 14.8. The molecule has 0 aliphatic rings. The Kier molecular flexibility index (Phi) is 4.91. The Hall–Kier alpha value is -2.26. The zero-order valence-electron chi connectivity index (χ0n) is 14.0. The largest absolute Gasteiger partial charge is 0.497 e. The summed E-state index contributed by atoms with van der Waals surface area (Å²) in [5, 5.41) is 2.57. The molecule has 4 heteroatoms. The first kappa shape index (κ1) is 16.6. The first-order chi connectivity index (χ1) is 11.6. The van der Waals surface area contributed by atoms with Crippen LogP contribution in [0.3, 0.4) is 0 Å². The van der Waals surface area contributed by atoms with Crippen LogP contribution in [0.4, 0.5) is 0 Å². The summed E-state index contributed by atoms with van der Waals surface area (Å²) in [6, 6.07) is 15.4. The topological polar surface area (TPSA) is 34.7 Å². The van der Waals surface area contributed by atoms with Crippen molar-refractivity contribution in [3.8, 4) is 17.1 Å². The summed E-state index contributed by atoms with van der Waals surface area (Å²) < 4.78 is 11.4. The van der Waals surface area contributed by atoms with Gasteiger partial charge in [-0.2, -0.15) is 0 Å². The van der Waals surface area contributed by atoms with Gasteiger partial charge in [0.2, 0.25) is 0 Å². The number of methoxy groups -OCH3 is 1. The van der Waals surface area contributed by atoms with Gasteiger partial charge in [0, 0.05) is 28.6 Å². The Morgan fingerprint density at radius 1 is 1.08 bits per heavy atom. The number of rotatable bonds is 4. The normalized spacial score (nSPS) is 12.1. The number of hydrogen-bond acceptors (Lipinski definition) is 3. The molecule has 0 spiro atoms. The minimum Gasteiger partial charge on any atom is -0.497 e. The van der Waals surface area contributed by atoms with Crippen molar-refractivity contribution in [2.24, 2.45) is 10.9 Å². The van der Waals surface area contributed by atoms with Gasteiger partial charge in [0.25, 0.3) is 0 Å². The second kappa shape index (κ2) is 7.10. The highest BCUT2D eigenvalue weighted by atomic mass is 35.5. The molecular weight excluding hydrogens is 322 g/mol. The van der Waals surface area contributed by atoms with E-state index in [-0.39, 0.29) is 0 Å². The van der Waals surface area contributed by atoms with Crippen LogP contribution in [0, 0.1) is 5.92 Å². The smallest absolute Gasteiger partial charge is 0.137 e. The molecular formula is C20H20ClNO2.